The lowest BCUT2D eigenvalue weighted by atomic mass is 9.93. The Morgan fingerprint density at radius 1 is 1.48 bits per heavy atom. The van der Waals surface area contributed by atoms with Gasteiger partial charge in [-0.1, -0.05) is 11.6 Å². The number of rotatable bonds is 4. The highest BCUT2D eigenvalue weighted by atomic mass is 35.5. The molecule has 0 heterocycles. The number of benzene rings is 1. The first kappa shape index (κ1) is 16.1. The lowest BCUT2D eigenvalue weighted by Gasteiger charge is -2.19. The average molecular weight is 322 g/mol. The van der Waals surface area contributed by atoms with E-state index in [0.717, 1.165) is 12.1 Å². The number of nitrogens with one attached hydrogen (secondary N) is 1. The Bertz CT molecular complexity index is 554. The van der Waals surface area contributed by atoms with Gasteiger partial charge in [-0.25, -0.2) is 0 Å². The molecule has 3 nitrogen and oxygen atoms in total. The third-order valence-corrected chi connectivity index (χ3v) is 3.88. The molecule has 0 aromatic heterocycles. The van der Waals surface area contributed by atoms with Crippen LogP contribution in [0.2, 0.25) is 5.02 Å². The first-order valence-corrected chi connectivity index (χ1v) is 6.88. The van der Waals surface area contributed by atoms with Crippen LogP contribution in [-0.4, -0.2) is 23.7 Å². The number of carbonyl (C=O) groups excluding carboxylic acids is 1. The van der Waals surface area contributed by atoms with E-state index in [4.69, 9.17) is 11.6 Å². The molecular formula is C14H15ClF3NO2. The van der Waals surface area contributed by atoms with Crippen molar-refractivity contribution in [3.8, 4) is 0 Å². The summed E-state index contributed by atoms with van der Waals surface area (Å²) in [4.78, 5) is 12.2. The van der Waals surface area contributed by atoms with Crippen molar-refractivity contribution in [2.45, 2.75) is 37.5 Å². The summed E-state index contributed by atoms with van der Waals surface area (Å²) in [7, 11) is 0. The van der Waals surface area contributed by atoms with Crippen molar-refractivity contribution in [3.05, 3.63) is 34.3 Å². The summed E-state index contributed by atoms with van der Waals surface area (Å²) >= 11 is 5.98. The van der Waals surface area contributed by atoms with E-state index in [0.29, 0.717) is 12.8 Å². The zero-order valence-electron chi connectivity index (χ0n) is 11.3. The Balaban J connectivity index is 2.30. The number of halogens is 4. The molecule has 1 aromatic rings. The Kier molecular flexibility index (Phi) is 4.22. The first-order chi connectivity index (χ1) is 9.67. The highest BCUT2D eigenvalue weighted by Gasteiger charge is 2.52. The van der Waals surface area contributed by atoms with Gasteiger partial charge < -0.3 is 10.4 Å². The fourth-order valence-corrected chi connectivity index (χ4v) is 2.52. The largest absolute Gasteiger partial charge is 0.416 e. The maximum atomic E-state index is 12.8. The van der Waals surface area contributed by atoms with Crippen molar-refractivity contribution < 1.29 is 23.1 Å². The number of carbonyl (C=O) groups is 1. The molecule has 1 aliphatic carbocycles. The Morgan fingerprint density at radius 2 is 2.10 bits per heavy atom. The maximum absolute atomic E-state index is 12.8. The molecule has 1 aromatic carbocycles. The van der Waals surface area contributed by atoms with Gasteiger partial charge in [0.05, 0.1) is 17.1 Å². The van der Waals surface area contributed by atoms with E-state index in [1.54, 1.807) is 0 Å². The van der Waals surface area contributed by atoms with Gasteiger partial charge in [0.1, 0.15) is 0 Å². The van der Waals surface area contributed by atoms with Crippen molar-refractivity contribution in [1.29, 1.82) is 0 Å². The van der Waals surface area contributed by atoms with E-state index in [1.807, 2.05) is 0 Å². The molecule has 0 aliphatic heterocycles. The van der Waals surface area contributed by atoms with Gasteiger partial charge in [-0.2, -0.15) is 13.2 Å². The van der Waals surface area contributed by atoms with E-state index in [-0.39, 0.29) is 17.1 Å². The molecule has 0 spiro atoms. The van der Waals surface area contributed by atoms with Gasteiger partial charge in [-0.3, -0.25) is 4.79 Å². The van der Waals surface area contributed by atoms with Gasteiger partial charge in [0.25, 0.3) is 0 Å². The highest BCUT2D eigenvalue weighted by Crippen LogP contribution is 2.51. The van der Waals surface area contributed by atoms with Crippen LogP contribution >= 0.6 is 11.6 Å². The zero-order chi connectivity index (χ0) is 15.8. The molecule has 0 bridgehead atoms. The second-order valence-electron chi connectivity index (χ2n) is 5.33. The highest BCUT2D eigenvalue weighted by molar-refractivity contribution is 6.32. The van der Waals surface area contributed by atoms with E-state index < -0.39 is 29.2 Å². The van der Waals surface area contributed by atoms with Gasteiger partial charge in [-0.05, 0) is 43.5 Å². The minimum Gasteiger partial charge on any atom is -0.392 e. The summed E-state index contributed by atoms with van der Waals surface area (Å²) in [5.74, 6) is -0.398. The standard InChI is InChI=1S/C14H15ClF3NO2/c1-8(20)7-19-12(21)13(4-5-13)10-6-9(14(16,17)18)2-3-11(10)15/h2-3,6,8,20H,4-5,7H2,1H3,(H,19,21)/t8-/m1/s1. The Morgan fingerprint density at radius 3 is 2.57 bits per heavy atom. The van der Waals surface area contributed by atoms with Gasteiger partial charge >= 0.3 is 6.18 Å². The number of aliphatic hydroxyl groups is 1. The minimum absolute atomic E-state index is 0.0527. The van der Waals surface area contributed by atoms with Gasteiger partial charge in [0.15, 0.2) is 0 Å². The van der Waals surface area contributed by atoms with E-state index in [2.05, 4.69) is 5.32 Å². The van der Waals surface area contributed by atoms with Gasteiger partial charge in [0, 0.05) is 11.6 Å². The zero-order valence-corrected chi connectivity index (χ0v) is 12.1. The quantitative estimate of drug-likeness (QED) is 0.896. The maximum Gasteiger partial charge on any atom is 0.416 e. The molecule has 7 heteroatoms. The molecule has 1 fully saturated rings. The third-order valence-electron chi connectivity index (χ3n) is 3.55. The molecule has 1 aliphatic rings. The molecule has 0 radical (unpaired) electrons. The molecule has 0 unspecified atom stereocenters. The number of aliphatic hydroxyl groups excluding tert-OH is 1. The molecule has 1 atom stereocenters. The number of alkyl halides is 3. The topological polar surface area (TPSA) is 49.3 Å². The van der Waals surface area contributed by atoms with Crippen LogP contribution in [0, 0.1) is 0 Å². The predicted molar refractivity (Wildman–Crippen MR) is 72.1 cm³/mol. The smallest absolute Gasteiger partial charge is 0.392 e. The summed E-state index contributed by atoms with van der Waals surface area (Å²) in [6.07, 6.45) is -4.31. The van der Waals surface area contributed by atoms with Crippen molar-refractivity contribution >= 4 is 17.5 Å². The molecule has 2 rings (SSSR count). The second-order valence-corrected chi connectivity index (χ2v) is 5.74. The number of hydrogen-bond acceptors (Lipinski definition) is 2. The molecule has 1 saturated carbocycles. The molecule has 0 saturated heterocycles. The Hall–Kier alpha value is -1.27. The van der Waals surface area contributed by atoms with Crippen molar-refractivity contribution in [2.75, 3.05) is 6.54 Å². The van der Waals surface area contributed by atoms with E-state index in [9.17, 15) is 23.1 Å². The predicted octanol–water partition coefficient (Wildman–Crippen LogP) is 2.89. The summed E-state index contributed by atoms with van der Waals surface area (Å²) in [6.45, 7) is 1.56. The molecule has 21 heavy (non-hydrogen) atoms. The number of hydrogen-bond donors (Lipinski definition) is 2. The number of amides is 1. The normalized spacial score (nSPS) is 18.2. The van der Waals surface area contributed by atoms with Crippen molar-refractivity contribution in [3.63, 3.8) is 0 Å². The van der Waals surface area contributed by atoms with E-state index in [1.165, 1.54) is 13.0 Å². The van der Waals surface area contributed by atoms with E-state index >= 15 is 0 Å². The van der Waals surface area contributed by atoms with Crippen LogP contribution in [0.25, 0.3) is 0 Å². The first-order valence-electron chi connectivity index (χ1n) is 6.50. The summed E-state index contributed by atoms with van der Waals surface area (Å²) in [5.41, 5.74) is -1.63. The lowest BCUT2D eigenvalue weighted by molar-refractivity contribution is -0.137. The minimum atomic E-state index is -4.48. The van der Waals surface area contributed by atoms with Crippen molar-refractivity contribution in [2.24, 2.45) is 0 Å². The summed E-state index contributed by atoms with van der Waals surface area (Å²) in [6, 6.07) is 3.01. The average Bonchev–Trinajstić information content (AvgIpc) is 3.16. The summed E-state index contributed by atoms with van der Waals surface area (Å²) in [5, 5.41) is 11.9. The van der Waals surface area contributed by atoms with Crippen LogP contribution in [0.15, 0.2) is 18.2 Å². The van der Waals surface area contributed by atoms with Crippen LogP contribution < -0.4 is 5.32 Å². The third kappa shape index (κ3) is 3.32. The molecule has 116 valence electrons. The lowest BCUT2D eigenvalue weighted by Crippen LogP contribution is -2.38. The van der Waals surface area contributed by atoms with Crippen molar-refractivity contribution in [1.82, 2.24) is 5.32 Å². The van der Waals surface area contributed by atoms with Crippen LogP contribution in [0.5, 0.6) is 0 Å². The van der Waals surface area contributed by atoms with Crippen LogP contribution in [0.3, 0.4) is 0 Å². The van der Waals surface area contributed by atoms with Gasteiger partial charge in [-0.15, -0.1) is 0 Å². The summed E-state index contributed by atoms with van der Waals surface area (Å²) < 4.78 is 38.4. The molecular weight excluding hydrogens is 307 g/mol. The van der Waals surface area contributed by atoms with Crippen LogP contribution in [0.1, 0.15) is 30.9 Å². The monoisotopic (exact) mass is 321 g/mol. The SMILES string of the molecule is C[C@@H](O)CNC(=O)C1(c2cc(C(F)(F)F)ccc2Cl)CC1. The van der Waals surface area contributed by atoms with Crippen LogP contribution in [0.4, 0.5) is 13.2 Å². The molecule has 2 N–H and O–H groups in total. The fourth-order valence-electron chi connectivity index (χ4n) is 2.22. The fraction of sp³-hybridized carbons (Fsp3) is 0.500. The second kappa shape index (κ2) is 5.50. The Labute approximate surface area is 125 Å². The van der Waals surface area contributed by atoms with Gasteiger partial charge in [0.2, 0.25) is 5.91 Å². The molecule has 1 amide bonds. The van der Waals surface area contributed by atoms with Crippen LogP contribution in [-0.2, 0) is 16.4 Å².